The Morgan fingerprint density at radius 2 is 1.95 bits per heavy atom. The van der Waals surface area contributed by atoms with Crippen LogP contribution in [0.15, 0.2) is 0 Å². The van der Waals surface area contributed by atoms with E-state index >= 15 is 0 Å². The number of hydrogen-bond acceptors (Lipinski definition) is 3. The van der Waals surface area contributed by atoms with E-state index in [2.05, 4.69) is 24.5 Å². The number of nitrogens with one attached hydrogen (secondary N) is 2. The molecule has 0 heterocycles. The normalized spacial score (nSPS) is 28.8. The Balaban J connectivity index is 2.26. The van der Waals surface area contributed by atoms with Crippen molar-refractivity contribution in [2.75, 3.05) is 6.54 Å². The van der Waals surface area contributed by atoms with Crippen molar-refractivity contribution in [3.05, 3.63) is 0 Å². The van der Waals surface area contributed by atoms with Gasteiger partial charge in [-0.1, -0.05) is 13.8 Å². The Morgan fingerprint density at radius 3 is 2.50 bits per heavy atom. The highest BCUT2D eigenvalue weighted by Gasteiger charge is 2.25. The molecule has 4 atom stereocenters. The lowest BCUT2D eigenvalue weighted by atomic mass is 9.80. The summed E-state index contributed by atoms with van der Waals surface area (Å²) < 4.78 is 5.26. The highest BCUT2D eigenvalue weighted by Crippen LogP contribution is 2.28. The maximum Gasteiger partial charge on any atom is 0.407 e. The second-order valence-corrected chi connectivity index (χ2v) is 7.46. The lowest BCUT2D eigenvalue weighted by molar-refractivity contribution is 0.0506. The number of carbonyl (C=O) groups excluding carboxylic acids is 1. The Hall–Kier alpha value is -0.770. The molecule has 4 nitrogen and oxygen atoms in total. The summed E-state index contributed by atoms with van der Waals surface area (Å²) in [4.78, 5) is 11.7. The molecule has 4 unspecified atom stereocenters. The van der Waals surface area contributed by atoms with E-state index in [4.69, 9.17) is 4.74 Å². The van der Waals surface area contributed by atoms with Crippen molar-refractivity contribution >= 4 is 6.09 Å². The monoisotopic (exact) mass is 284 g/mol. The SMILES string of the molecule is CC1CCC(NCC(C)NC(=O)OC(C)(C)C)C(C)C1. The maximum absolute atomic E-state index is 11.7. The molecule has 0 aromatic rings. The molecule has 0 aromatic heterocycles. The van der Waals surface area contributed by atoms with Crippen molar-refractivity contribution in [3.63, 3.8) is 0 Å². The summed E-state index contributed by atoms with van der Waals surface area (Å²) in [6.45, 7) is 13.1. The minimum absolute atomic E-state index is 0.0800. The summed E-state index contributed by atoms with van der Waals surface area (Å²) in [6.07, 6.45) is 3.50. The van der Waals surface area contributed by atoms with Crippen LogP contribution in [0.4, 0.5) is 4.79 Å². The zero-order valence-electron chi connectivity index (χ0n) is 14.0. The number of ether oxygens (including phenoxy) is 1. The molecule has 1 aliphatic carbocycles. The molecule has 2 N–H and O–H groups in total. The number of hydrogen-bond donors (Lipinski definition) is 2. The molecule has 0 spiro atoms. The molecule has 1 rings (SSSR count). The standard InChI is InChI=1S/C16H32N2O2/c1-11-7-8-14(12(2)9-11)17-10-13(3)18-15(19)20-16(4,5)6/h11-14,17H,7-10H2,1-6H3,(H,18,19). The van der Waals surface area contributed by atoms with Gasteiger partial charge in [-0.15, -0.1) is 0 Å². The van der Waals surface area contributed by atoms with Crippen molar-refractivity contribution in [3.8, 4) is 0 Å². The molecule has 1 saturated carbocycles. The predicted molar refractivity (Wildman–Crippen MR) is 82.8 cm³/mol. The van der Waals surface area contributed by atoms with Gasteiger partial charge in [0.05, 0.1) is 0 Å². The first-order valence-electron chi connectivity index (χ1n) is 7.90. The Labute approximate surface area is 124 Å². The fourth-order valence-corrected chi connectivity index (χ4v) is 2.86. The highest BCUT2D eigenvalue weighted by molar-refractivity contribution is 5.68. The van der Waals surface area contributed by atoms with E-state index < -0.39 is 5.60 Å². The summed E-state index contributed by atoms with van der Waals surface area (Å²) in [5.74, 6) is 1.56. The van der Waals surface area contributed by atoms with Gasteiger partial charge in [0.25, 0.3) is 0 Å². The van der Waals surface area contributed by atoms with Crippen molar-refractivity contribution in [2.45, 2.75) is 78.5 Å². The van der Waals surface area contributed by atoms with Crippen molar-refractivity contribution in [2.24, 2.45) is 11.8 Å². The van der Waals surface area contributed by atoms with Gasteiger partial charge in [-0.3, -0.25) is 0 Å². The fraction of sp³-hybridized carbons (Fsp3) is 0.938. The quantitative estimate of drug-likeness (QED) is 0.832. The van der Waals surface area contributed by atoms with E-state index in [0.29, 0.717) is 12.0 Å². The third kappa shape index (κ3) is 6.60. The van der Waals surface area contributed by atoms with Gasteiger partial charge in [0, 0.05) is 18.6 Å². The molecule has 1 aliphatic rings. The van der Waals surface area contributed by atoms with Crippen LogP contribution in [0.25, 0.3) is 0 Å². The molecular weight excluding hydrogens is 252 g/mol. The smallest absolute Gasteiger partial charge is 0.407 e. The van der Waals surface area contributed by atoms with E-state index in [1.165, 1.54) is 19.3 Å². The van der Waals surface area contributed by atoms with Crippen LogP contribution in [-0.4, -0.2) is 30.3 Å². The van der Waals surface area contributed by atoms with Gasteiger partial charge in [0.15, 0.2) is 0 Å². The van der Waals surface area contributed by atoms with Gasteiger partial charge in [-0.05, 0) is 58.8 Å². The molecule has 118 valence electrons. The van der Waals surface area contributed by atoms with Gasteiger partial charge in [0.1, 0.15) is 5.60 Å². The Morgan fingerprint density at radius 1 is 1.30 bits per heavy atom. The molecule has 0 aromatic carbocycles. The van der Waals surface area contributed by atoms with E-state index in [0.717, 1.165) is 12.5 Å². The largest absolute Gasteiger partial charge is 0.444 e. The first-order chi connectivity index (χ1) is 9.17. The summed E-state index contributed by atoms with van der Waals surface area (Å²) >= 11 is 0. The minimum Gasteiger partial charge on any atom is -0.444 e. The summed E-state index contributed by atoms with van der Waals surface area (Å²) in [7, 11) is 0. The van der Waals surface area contributed by atoms with Gasteiger partial charge in [0.2, 0.25) is 0 Å². The molecule has 0 aliphatic heterocycles. The highest BCUT2D eigenvalue weighted by atomic mass is 16.6. The third-order valence-corrected chi connectivity index (χ3v) is 3.88. The molecular formula is C16H32N2O2. The van der Waals surface area contributed by atoms with Crippen LogP contribution in [0.5, 0.6) is 0 Å². The number of alkyl carbamates (subject to hydrolysis) is 1. The Kier molecular flexibility index (Phi) is 6.31. The average molecular weight is 284 g/mol. The van der Waals surface area contributed by atoms with E-state index in [1.54, 1.807) is 0 Å². The molecule has 4 heteroatoms. The van der Waals surface area contributed by atoms with Crippen molar-refractivity contribution in [1.29, 1.82) is 0 Å². The summed E-state index contributed by atoms with van der Waals surface area (Å²) in [5.41, 5.74) is -0.439. The van der Waals surface area contributed by atoms with Crippen molar-refractivity contribution < 1.29 is 9.53 Å². The first-order valence-corrected chi connectivity index (χ1v) is 7.90. The summed E-state index contributed by atoms with van der Waals surface area (Å²) in [6, 6.07) is 0.658. The minimum atomic E-state index is -0.439. The molecule has 1 fully saturated rings. The number of rotatable bonds is 4. The maximum atomic E-state index is 11.7. The van der Waals surface area contributed by atoms with Crippen LogP contribution in [0.1, 0.15) is 60.8 Å². The molecule has 1 amide bonds. The van der Waals surface area contributed by atoms with E-state index in [-0.39, 0.29) is 12.1 Å². The van der Waals surface area contributed by atoms with E-state index in [9.17, 15) is 4.79 Å². The van der Waals surface area contributed by atoms with Crippen LogP contribution >= 0.6 is 0 Å². The van der Waals surface area contributed by atoms with Crippen molar-refractivity contribution in [1.82, 2.24) is 10.6 Å². The zero-order valence-corrected chi connectivity index (χ0v) is 14.0. The zero-order chi connectivity index (χ0) is 15.3. The number of carbonyl (C=O) groups is 1. The van der Waals surface area contributed by atoms with Crippen LogP contribution in [0.2, 0.25) is 0 Å². The van der Waals surface area contributed by atoms with Gasteiger partial charge < -0.3 is 15.4 Å². The van der Waals surface area contributed by atoms with Crippen LogP contribution < -0.4 is 10.6 Å². The van der Waals surface area contributed by atoms with E-state index in [1.807, 2.05) is 27.7 Å². The van der Waals surface area contributed by atoms with Gasteiger partial charge in [-0.25, -0.2) is 4.79 Å². The second-order valence-electron chi connectivity index (χ2n) is 7.46. The lowest BCUT2D eigenvalue weighted by Crippen LogP contribution is -2.47. The lowest BCUT2D eigenvalue weighted by Gasteiger charge is -2.34. The molecule has 0 radical (unpaired) electrons. The fourth-order valence-electron chi connectivity index (χ4n) is 2.86. The first kappa shape index (κ1) is 17.3. The molecule has 0 bridgehead atoms. The van der Waals surface area contributed by atoms with Crippen LogP contribution in [0, 0.1) is 11.8 Å². The predicted octanol–water partition coefficient (Wildman–Crippen LogP) is 3.31. The average Bonchev–Trinajstić information content (AvgIpc) is 2.24. The topological polar surface area (TPSA) is 50.4 Å². The molecule has 0 saturated heterocycles. The molecule has 20 heavy (non-hydrogen) atoms. The second kappa shape index (κ2) is 7.30. The van der Waals surface area contributed by atoms with Gasteiger partial charge >= 0.3 is 6.09 Å². The van der Waals surface area contributed by atoms with Crippen LogP contribution in [0.3, 0.4) is 0 Å². The Bertz CT molecular complexity index is 312. The van der Waals surface area contributed by atoms with Gasteiger partial charge in [-0.2, -0.15) is 0 Å². The van der Waals surface area contributed by atoms with Crippen LogP contribution in [-0.2, 0) is 4.74 Å². The summed E-state index contributed by atoms with van der Waals surface area (Å²) in [5, 5.41) is 6.47. The number of amides is 1. The third-order valence-electron chi connectivity index (χ3n) is 3.88.